The molecule has 0 radical (unpaired) electrons. The van der Waals surface area contributed by atoms with Crippen LogP contribution in [0.4, 0.5) is 11.4 Å². The van der Waals surface area contributed by atoms with E-state index in [0.29, 0.717) is 12.8 Å². The van der Waals surface area contributed by atoms with Crippen LogP contribution < -0.4 is 5.32 Å². The Labute approximate surface area is 200 Å². The molecule has 0 aromatic heterocycles. The summed E-state index contributed by atoms with van der Waals surface area (Å²) in [6.45, 7) is -0.683. The Morgan fingerprint density at radius 1 is 1.03 bits per heavy atom. The minimum absolute atomic E-state index is 0.0521. The number of esters is 1. The summed E-state index contributed by atoms with van der Waals surface area (Å²) in [7, 11) is 0. The average molecular weight is 477 g/mol. The van der Waals surface area contributed by atoms with Gasteiger partial charge in [-0.25, -0.2) is 4.79 Å². The van der Waals surface area contributed by atoms with Crippen molar-refractivity contribution in [3.05, 3.63) is 82.4 Å². The normalized spacial score (nSPS) is 19.7. The molecule has 1 aliphatic carbocycles. The molecule has 10 heteroatoms. The number of allylic oxidation sites excluding steroid dienone is 2. The zero-order valence-electron chi connectivity index (χ0n) is 18.7. The van der Waals surface area contributed by atoms with Crippen molar-refractivity contribution in [1.82, 2.24) is 4.90 Å². The number of likely N-dealkylation sites (tertiary alicyclic amines) is 1. The maximum Gasteiger partial charge on any atom is 0.330 e. The Hall–Kier alpha value is -4.34. The van der Waals surface area contributed by atoms with Crippen molar-refractivity contribution in [3.63, 3.8) is 0 Å². The maximum absolute atomic E-state index is 13.1. The SMILES string of the molecule is O=C(COC(=O)[C@H](Cc1ccccc1)N1C(=O)[C@@H]2CC=CC[C@H]2C1=O)Nc1cccc([N+](=O)[O-])c1. The molecule has 1 fully saturated rings. The molecular formula is C25H23N3O7. The number of imide groups is 1. The molecule has 0 spiro atoms. The van der Waals surface area contributed by atoms with E-state index in [0.717, 1.165) is 10.5 Å². The Morgan fingerprint density at radius 2 is 1.69 bits per heavy atom. The van der Waals surface area contributed by atoms with Crippen molar-refractivity contribution in [2.75, 3.05) is 11.9 Å². The molecule has 2 aliphatic rings. The first-order valence-electron chi connectivity index (χ1n) is 11.1. The van der Waals surface area contributed by atoms with Gasteiger partial charge in [-0.05, 0) is 24.5 Å². The summed E-state index contributed by atoms with van der Waals surface area (Å²) >= 11 is 0. The van der Waals surface area contributed by atoms with Gasteiger partial charge in [-0.15, -0.1) is 0 Å². The molecule has 0 bridgehead atoms. The van der Waals surface area contributed by atoms with Crippen molar-refractivity contribution in [3.8, 4) is 0 Å². The van der Waals surface area contributed by atoms with Gasteiger partial charge in [0.2, 0.25) is 11.8 Å². The zero-order chi connectivity index (χ0) is 24.9. The van der Waals surface area contributed by atoms with Crippen molar-refractivity contribution in [2.45, 2.75) is 25.3 Å². The highest BCUT2D eigenvalue weighted by atomic mass is 16.6. The van der Waals surface area contributed by atoms with Crippen LogP contribution in [0.1, 0.15) is 18.4 Å². The number of benzene rings is 2. The van der Waals surface area contributed by atoms with Crippen LogP contribution in [0.5, 0.6) is 0 Å². The summed E-state index contributed by atoms with van der Waals surface area (Å²) < 4.78 is 5.20. The molecule has 180 valence electrons. The number of fused-ring (bicyclic) bond motifs is 1. The fourth-order valence-corrected chi connectivity index (χ4v) is 4.38. The number of nitro groups is 1. The molecule has 1 saturated heterocycles. The standard InChI is InChI=1S/C25H23N3O7/c29-22(26-17-9-6-10-18(14-17)28(33)34)15-35-25(32)21(13-16-7-2-1-3-8-16)27-23(30)19-11-4-5-12-20(19)24(27)31/h1-10,14,19-21H,11-13,15H2,(H,26,29)/t19-,20-,21+/m1/s1. The summed E-state index contributed by atoms with van der Waals surface area (Å²) in [5, 5.41) is 13.3. The number of carbonyl (C=O) groups is 4. The first-order chi connectivity index (χ1) is 16.8. The molecule has 2 aromatic carbocycles. The number of hydrogen-bond donors (Lipinski definition) is 1. The Bertz CT molecular complexity index is 1170. The molecule has 1 aliphatic heterocycles. The van der Waals surface area contributed by atoms with Gasteiger partial charge in [-0.2, -0.15) is 0 Å². The number of nitrogens with one attached hydrogen (secondary N) is 1. The summed E-state index contributed by atoms with van der Waals surface area (Å²) in [6, 6.07) is 13.0. The lowest BCUT2D eigenvalue weighted by atomic mass is 9.85. The van der Waals surface area contributed by atoms with Crippen LogP contribution >= 0.6 is 0 Å². The van der Waals surface area contributed by atoms with Crippen LogP contribution in [-0.4, -0.2) is 46.2 Å². The lowest BCUT2D eigenvalue weighted by Crippen LogP contribution is -2.48. The molecule has 4 rings (SSSR count). The second kappa shape index (κ2) is 10.3. The predicted octanol–water partition coefficient (Wildman–Crippen LogP) is 2.64. The van der Waals surface area contributed by atoms with Crippen LogP contribution in [0.2, 0.25) is 0 Å². The number of nitrogens with zero attached hydrogens (tertiary/aromatic N) is 2. The maximum atomic E-state index is 13.1. The number of carbonyl (C=O) groups excluding carboxylic acids is 4. The van der Waals surface area contributed by atoms with E-state index in [1.54, 1.807) is 24.3 Å². The minimum Gasteiger partial charge on any atom is -0.454 e. The molecule has 3 atom stereocenters. The summed E-state index contributed by atoms with van der Waals surface area (Å²) in [6.07, 6.45) is 4.64. The van der Waals surface area contributed by atoms with Gasteiger partial charge in [-0.1, -0.05) is 48.6 Å². The molecule has 0 unspecified atom stereocenters. The van der Waals surface area contributed by atoms with Crippen LogP contribution in [-0.2, 0) is 30.3 Å². The van der Waals surface area contributed by atoms with Crippen molar-refractivity contribution in [1.29, 1.82) is 0 Å². The molecule has 1 heterocycles. The third-order valence-electron chi connectivity index (χ3n) is 6.08. The van der Waals surface area contributed by atoms with E-state index >= 15 is 0 Å². The van der Waals surface area contributed by atoms with Gasteiger partial charge in [-0.3, -0.25) is 29.4 Å². The molecule has 0 saturated carbocycles. The smallest absolute Gasteiger partial charge is 0.330 e. The molecule has 10 nitrogen and oxygen atoms in total. The molecular weight excluding hydrogens is 454 g/mol. The van der Waals surface area contributed by atoms with E-state index in [1.807, 2.05) is 18.2 Å². The first kappa shape index (κ1) is 23.8. The Morgan fingerprint density at radius 3 is 2.31 bits per heavy atom. The fourth-order valence-electron chi connectivity index (χ4n) is 4.38. The summed E-state index contributed by atoms with van der Waals surface area (Å²) in [5.74, 6) is -3.43. The lowest BCUT2D eigenvalue weighted by Gasteiger charge is -2.25. The van der Waals surface area contributed by atoms with Crippen molar-refractivity contribution < 1.29 is 28.8 Å². The zero-order valence-corrected chi connectivity index (χ0v) is 18.7. The van der Waals surface area contributed by atoms with Gasteiger partial charge in [0.15, 0.2) is 6.61 Å². The second-order valence-electron chi connectivity index (χ2n) is 8.37. The number of ether oxygens (including phenoxy) is 1. The van der Waals surface area contributed by atoms with E-state index in [9.17, 15) is 29.3 Å². The summed E-state index contributed by atoms with van der Waals surface area (Å²) in [4.78, 5) is 62.9. The third-order valence-corrected chi connectivity index (χ3v) is 6.08. The van der Waals surface area contributed by atoms with Crippen LogP contribution in [0.3, 0.4) is 0 Å². The third kappa shape index (κ3) is 5.26. The quantitative estimate of drug-likeness (QED) is 0.203. The Kier molecular flexibility index (Phi) is 7.00. The highest BCUT2D eigenvalue weighted by Gasteiger charge is 2.51. The topological polar surface area (TPSA) is 136 Å². The molecule has 3 amide bonds. The Balaban J connectivity index is 1.47. The summed E-state index contributed by atoms with van der Waals surface area (Å²) in [5.41, 5.74) is 0.691. The van der Waals surface area contributed by atoms with Crippen LogP contribution in [0.15, 0.2) is 66.7 Å². The predicted molar refractivity (Wildman–Crippen MR) is 124 cm³/mol. The first-order valence-corrected chi connectivity index (χ1v) is 11.1. The minimum atomic E-state index is -1.21. The van der Waals surface area contributed by atoms with Gasteiger partial charge in [0.25, 0.3) is 11.6 Å². The lowest BCUT2D eigenvalue weighted by molar-refractivity contribution is -0.384. The highest BCUT2D eigenvalue weighted by molar-refractivity contribution is 6.08. The number of non-ortho nitro benzene ring substituents is 1. The fraction of sp³-hybridized carbons (Fsp3) is 0.280. The van der Waals surface area contributed by atoms with Crippen molar-refractivity contribution >= 4 is 35.1 Å². The van der Waals surface area contributed by atoms with Crippen molar-refractivity contribution in [2.24, 2.45) is 11.8 Å². The van der Waals surface area contributed by atoms with E-state index < -0.39 is 53.1 Å². The van der Waals surface area contributed by atoms with Crippen LogP contribution in [0.25, 0.3) is 0 Å². The van der Waals surface area contributed by atoms with Crippen LogP contribution in [0, 0.1) is 22.0 Å². The van der Waals surface area contributed by atoms with Gasteiger partial charge in [0.1, 0.15) is 6.04 Å². The van der Waals surface area contributed by atoms with E-state index in [2.05, 4.69) is 5.32 Å². The van der Waals surface area contributed by atoms with E-state index in [-0.39, 0.29) is 17.8 Å². The monoisotopic (exact) mass is 477 g/mol. The van der Waals surface area contributed by atoms with Gasteiger partial charge in [0.05, 0.1) is 16.8 Å². The van der Waals surface area contributed by atoms with E-state index in [4.69, 9.17) is 4.74 Å². The van der Waals surface area contributed by atoms with E-state index in [1.165, 1.54) is 24.3 Å². The number of amides is 3. The van der Waals surface area contributed by atoms with Gasteiger partial charge < -0.3 is 10.1 Å². The highest BCUT2D eigenvalue weighted by Crippen LogP contribution is 2.36. The average Bonchev–Trinajstić information content (AvgIpc) is 3.11. The number of rotatable bonds is 8. The molecule has 2 aromatic rings. The second-order valence-corrected chi connectivity index (χ2v) is 8.37. The number of anilines is 1. The van der Waals surface area contributed by atoms with Gasteiger partial charge in [0, 0.05) is 24.2 Å². The number of nitro benzene ring substituents is 1. The van der Waals surface area contributed by atoms with Gasteiger partial charge >= 0.3 is 5.97 Å². The number of hydrogen-bond acceptors (Lipinski definition) is 7. The molecule has 35 heavy (non-hydrogen) atoms. The largest absolute Gasteiger partial charge is 0.454 e. The molecule has 1 N–H and O–H groups in total.